The number of aliphatic hydroxyl groups excluding tert-OH is 1. The van der Waals surface area contributed by atoms with Gasteiger partial charge in [0.05, 0.1) is 4.91 Å². The maximum Gasteiger partial charge on any atom is 0.290 e. The smallest absolute Gasteiger partial charge is 0.290 e. The van der Waals surface area contributed by atoms with Crippen LogP contribution >= 0.6 is 11.8 Å². The molecule has 0 aromatic carbocycles. The average Bonchev–Trinajstić information content (AvgIpc) is 2.75. The number of imide groups is 1. The summed E-state index contributed by atoms with van der Waals surface area (Å²) in [5.74, 6) is 0.426. The highest BCUT2D eigenvalue weighted by Crippen LogP contribution is 2.25. The van der Waals surface area contributed by atoms with E-state index in [1.54, 1.807) is 12.1 Å². The average molecular weight is 225 g/mol. The van der Waals surface area contributed by atoms with Gasteiger partial charge in [-0.2, -0.15) is 0 Å². The van der Waals surface area contributed by atoms with Crippen LogP contribution < -0.4 is 5.32 Å². The number of carbonyl (C=O) groups excluding carboxylic acids is 2. The molecule has 5 nitrogen and oxygen atoms in total. The molecule has 2 heterocycles. The van der Waals surface area contributed by atoms with Crippen molar-refractivity contribution < 1.29 is 19.1 Å². The van der Waals surface area contributed by atoms with E-state index >= 15 is 0 Å². The molecule has 0 unspecified atom stereocenters. The molecule has 0 aliphatic carbocycles. The Morgan fingerprint density at radius 1 is 1.47 bits per heavy atom. The summed E-state index contributed by atoms with van der Waals surface area (Å²) in [5, 5.41) is 10.5. The van der Waals surface area contributed by atoms with Crippen molar-refractivity contribution in [2.24, 2.45) is 0 Å². The molecule has 2 amide bonds. The Labute approximate surface area is 89.1 Å². The van der Waals surface area contributed by atoms with Crippen molar-refractivity contribution >= 4 is 29.0 Å². The van der Waals surface area contributed by atoms with E-state index in [1.807, 2.05) is 0 Å². The first-order valence-electron chi connectivity index (χ1n) is 4.13. The van der Waals surface area contributed by atoms with Gasteiger partial charge >= 0.3 is 0 Å². The Morgan fingerprint density at radius 2 is 2.27 bits per heavy atom. The zero-order valence-electron chi connectivity index (χ0n) is 7.52. The number of aliphatic hydroxyl groups is 1. The molecule has 0 atom stereocenters. The van der Waals surface area contributed by atoms with E-state index in [-0.39, 0.29) is 11.8 Å². The van der Waals surface area contributed by atoms with Gasteiger partial charge < -0.3 is 9.52 Å². The summed E-state index contributed by atoms with van der Waals surface area (Å²) < 4.78 is 5.15. The van der Waals surface area contributed by atoms with Gasteiger partial charge in [-0.25, -0.2) is 0 Å². The fourth-order valence-electron chi connectivity index (χ4n) is 1.11. The standard InChI is InChI=1S/C9H7NO4S/c11-4-6-2-1-5(14-6)3-7-8(12)10-9(13)15-7/h1-3,11H,4H2,(H,10,12,13)/b7-3+. The minimum absolute atomic E-state index is 0.193. The normalized spacial score (nSPS) is 18.6. The van der Waals surface area contributed by atoms with Crippen LogP contribution in [0, 0.1) is 0 Å². The van der Waals surface area contributed by atoms with Gasteiger partial charge in [-0.1, -0.05) is 0 Å². The van der Waals surface area contributed by atoms with Gasteiger partial charge in [-0.05, 0) is 23.9 Å². The van der Waals surface area contributed by atoms with Crippen molar-refractivity contribution in [3.8, 4) is 0 Å². The molecule has 1 saturated heterocycles. The molecule has 1 aliphatic heterocycles. The molecule has 2 rings (SSSR count). The van der Waals surface area contributed by atoms with Crippen molar-refractivity contribution in [3.63, 3.8) is 0 Å². The van der Waals surface area contributed by atoms with Gasteiger partial charge in [0.2, 0.25) is 0 Å². The van der Waals surface area contributed by atoms with Gasteiger partial charge in [0.15, 0.2) is 0 Å². The topological polar surface area (TPSA) is 79.5 Å². The van der Waals surface area contributed by atoms with Crippen LogP contribution in [-0.4, -0.2) is 16.3 Å². The third-order valence-corrected chi connectivity index (χ3v) is 2.56. The summed E-state index contributed by atoms with van der Waals surface area (Å²) in [6.45, 7) is -0.193. The fourth-order valence-corrected chi connectivity index (χ4v) is 1.77. The third kappa shape index (κ3) is 2.11. The maximum atomic E-state index is 11.2. The Bertz CT molecular complexity index is 449. The van der Waals surface area contributed by atoms with E-state index in [0.717, 1.165) is 11.8 Å². The molecule has 0 spiro atoms. The first-order chi connectivity index (χ1) is 7.19. The van der Waals surface area contributed by atoms with E-state index in [2.05, 4.69) is 5.32 Å². The SMILES string of the molecule is O=C1NC(=O)/C(=C\c2ccc(CO)o2)S1. The lowest BCUT2D eigenvalue weighted by atomic mass is 10.4. The number of thioether (sulfide) groups is 1. The highest BCUT2D eigenvalue weighted by Gasteiger charge is 2.25. The van der Waals surface area contributed by atoms with Crippen LogP contribution in [0.3, 0.4) is 0 Å². The van der Waals surface area contributed by atoms with Crippen LogP contribution in [0.25, 0.3) is 6.08 Å². The number of nitrogens with one attached hydrogen (secondary N) is 1. The Balaban J connectivity index is 2.22. The van der Waals surface area contributed by atoms with E-state index in [1.165, 1.54) is 6.08 Å². The third-order valence-electron chi connectivity index (χ3n) is 1.75. The largest absolute Gasteiger partial charge is 0.459 e. The van der Waals surface area contributed by atoms with Crippen LogP contribution in [-0.2, 0) is 11.4 Å². The lowest BCUT2D eigenvalue weighted by Crippen LogP contribution is -2.17. The molecule has 78 valence electrons. The van der Waals surface area contributed by atoms with Gasteiger partial charge in [0.25, 0.3) is 11.1 Å². The van der Waals surface area contributed by atoms with Crippen molar-refractivity contribution in [3.05, 3.63) is 28.6 Å². The molecule has 1 aliphatic rings. The predicted molar refractivity (Wildman–Crippen MR) is 53.7 cm³/mol. The zero-order valence-corrected chi connectivity index (χ0v) is 8.34. The van der Waals surface area contributed by atoms with Gasteiger partial charge in [-0.15, -0.1) is 0 Å². The minimum atomic E-state index is -0.424. The van der Waals surface area contributed by atoms with Crippen molar-refractivity contribution in [2.45, 2.75) is 6.61 Å². The predicted octanol–water partition coefficient (Wildman–Crippen LogP) is 1.10. The number of carbonyl (C=O) groups is 2. The van der Waals surface area contributed by atoms with Crippen LogP contribution in [0.2, 0.25) is 0 Å². The molecule has 1 aromatic rings. The highest BCUT2D eigenvalue weighted by molar-refractivity contribution is 8.18. The quantitative estimate of drug-likeness (QED) is 0.736. The van der Waals surface area contributed by atoms with Crippen LogP contribution in [0.15, 0.2) is 21.5 Å². The van der Waals surface area contributed by atoms with Crippen molar-refractivity contribution in [1.82, 2.24) is 5.32 Å². The van der Waals surface area contributed by atoms with Gasteiger partial charge in [0, 0.05) is 6.08 Å². The Morgan fingerprint density at radius 3 is 2.80 bits per heavy atom. The van der Waals surface area contributed by atoms with Crippen LogP contribution in [0.4, 0.5) is 4.79 Å². The first kappa shape index (κ1) is 10.0. The lowest BCUT2D eigenvalue weighted by molar-refractivity contribution is -0.115. The van der Waals surface area contributed by atoms with Crippen LogP contribution in [0.5, 0.6) is 0 Å². The summed E-state index contributed by atoms with van der Waals surface area (Å²) in [5.41, 5.74) is 0. The zero-order chi connectivity index (χ0) is 10.8. The second-order valence-corrected chi connectivity index (χ2v) is 3.83. The van der Waals surface area contributed by atoms with E-state index in [0.29, 0.717) is 16.4 Å². The maximum absolute atomic E-state index is 11.2. The van der Waals surface area contributed by atoms with Gasteiger partial charge in [0.1, 0.15) is 18.1 Å². The molecular weight excluding hydrogens is 218 g/mol. The number of rotatable bonds is 2. The summed E-state index contributed by atoms with van der Waals surface area (Å²) in [7, 11) is 0. The second kappa shape index (κ2) is 3.92. The monoisotopic (exact) mass is 225 g/mol. The molecule has 0 radical (unpaired) electrons. The van der Waals surface area contributed by atoms with E-state index in [9.17, 15) is 9.59 Å². The number of amides is 2. The number of furan rings is 1. The second-order valence-electron chi connectivity index (χ2n) is 2.81. The molecular formula is C9H7NO4S. The summed E-state index contributed by atoms with van der Waals surface area (Å²) in [6, 6.07) is 3.22. The van der Waals surface area contributed by atoms with Crippen molar-refractivity contribution in [1.29, 1.82) is 0 Å². The molecule has 0 saturated carbocycles. The lowest BCUT2D eigenvalue weighted by Gasteiger charge is -1.89. The first-order valence-corrected chi connectivity index (χ1v) is 4.95. The summed E-state index contributed by atoms with van der Waals surface area (Å²) in [6.07, 6.45) is 1.46. The van der Waals surface area contributed by atoms with E-state index < -0.39 is 5.91 Å². The Hall–Kier alpha value is -1.53. The molecule has 6 heteroatoms. The number of hydrogen-bond acceptors (Lipinski definition) is 5. The van der Waals surface area contributed by atoms with E-state index in [4.69, 9.17) is 9.52 Å². The molecule has 0 bridgehead atoms. The molecule has 2 N–H and O–H groups in total. The minimum Gasteiger partial charge on any atom is -0.459 e. The molecule has 1 fully saturated rings. The highest BCUT2D eigenvalue weighted by atomic mass is 32.2. The van der Waals surface area contributed by atoms with Crippen LogP contribution in [0.1, 0.15) is 11.5 Å². The van der Waals surface area contributed by atoms with Crippen molar-refractivity contribution in [2.75, 3.05) is 0 Å². The summed E-state index contributed by atoms with van der Waals surface area (Å²) in [4.78, 5) is 22.3. The summed E-state index contributed by atoms with van der Waals surface area (Å²) >= 11 is 0.824. The number of hydrogen-bond donors (Lipinski definition) is 2. The fraction of sp³-hybridized carbons (Fsp3) is 0.111. The Kier molecular flexibility index (Phi) is 2.61. The van der Waals surface area contributed by atoms with Gasteiger partial charge in [-0.3, -0.25) is 14.9 Å². The molecule has 1 aromatic heterocycles. The molecule has 15 heavy (non-hydrogen) atoms.